The van der Waals surface area contributed by atoms with Crippen LogP contribution < -0.4 is 16.0 Å². The van der Waals surface area contributed by atoms with E-state index >= 15 is 0 Å². The van der Waals surface area contributed by atoms with Gasteiger partial charge < -0.3 is 16.0 Å². The molecule has 0 unspecified atom stereocenters. The third kappa shape index (κ3) is 4.67. The number of anilines is 3. The van der Waals surface area contributed by atoms with Crippen molar-refractivity contribution >= 4 is 29.0 Å². The number of hydrogen-bond donors (Lipinski definition) is 3. The summed E-state index contributed by atoms with van der Waals surface area (Å²) in [5.74, 6) is -0.232. The predicted molar refractivity (Wildman–Crippen MR) is 127 cm³/mol. The maximum Gasteiger partial charge on any atom is 0.323 e. The third-order valence-corrected chi connectivity index (χ3v) is 4.95. The second-order valence-corrected chi connectivity index (χ2v) is 7.27. The van der Waals surface area contributed by atoms with Gasteiger partial charge in [-0.2, -0.15) is 5.10 Å². The van der Waals surface area contributed by atoms with Gasteiger partial charge in [-0.3, -0.25) is 4.79 Å². The molecule has 3 N–H and O–H groups in total. The molecule has 0 fully saturated rings. The van der Waals surface area contributed by atoms with Crippen LogP contribution >= 0.6 is 0 Å². The number of nitrogens with zero attached hydrogens (tertiary/aromatic N) is 2. The summed E-state index contributed by atoms with van der Waals surface area (Å²) in [7, 11) is 0. The summed E-state index contributed by atoms with van der Waals surface area (Å²) in [5, 5.41) is 13.0. The molecule has 3 amide bonds. The highest BCUT2D eigenvalue weighted by Crippen LogP contribution is 2.20. The van der Waals surface area contributed by atoms with Crippen LogP contribution in [0.1, 0.15) is 21.7 Å². The van der Waals surface area contributed by atoms with Crippen molar-refractivity contribution in [3.8, 4) is 5.69 Å². The molecule has 1 heterocycles. The smallest absolute Gasteiger partial charge is 0.322 e. The van der Waals surface area contributed by atoms with E-state index in [1.165, 1.54) is 0 Å². The number of para-hydroxylation sites is 2. The Morgan fingerprint density at radius 1 is 0.688 bits per heavy atom. The summed E-state index contributed by atoms with van der Waals surface area (Å²) in [6, 6.07) is 25.5. The molecule has 0 aliphatic carbocycles. The van der Waals surface area contributed by atoms with Gasteiger partial charge in [0, 0.05) is 17.1 Å². The van der Waals surface area contributed by atoms with Crippen molar-refractivity contribution in [2.45, 2.75) is 13.8 Å². The molecule has 4 aromatic rings. The lowest BCUT2D eigenvalue weighted by Gasteiger charge is -2.09. The Labute approximate surface area is 186 Å². The molecule has 0 spiro atoms. The second kappa shape index (κ2) is 9.18. The number of hydrogen-bond acceptors (Lipinski definition) is 3. The summed E-state index contributed by atoms with van der Waals surface area (Å²) < 4.78 is 1.77. The lowest BCUT2D eigenvalue weighted by atomic mass is 10.1. The number of urea groups is 1. The molecule has 0 saturated carbocycles. The van der Waals surface area contributed by atoms with E-state index in [9.17, 15) is 9.59 Å². The molecule has 0 radical (unpaired) electrons. The summed E-state index contributed by atoms with van der Waals surface area (Å²) in [6.45, 7) is 3.69. The van der Waals surface area contributed by atoms with Gasteiger partial charge in [0.25, 0.3) is 5.91 Å². The van der Waals surface area contributed by atoms with Gasteiger partial charge in [-0.15, -0.1) is 0 Å². The first kappa shape index (κ1) is 20.9. The minimum atomic E-state index is -0.340. The Kier molecular flexibility index (Phi) is 5.98. The first-order valence-electron chi connectivity index (χ1n) is 10.2. The van der Waals surface area contributed by atoms with Crippen molar-refractivity contribution in [3.05, 3.63) is 102 Å². The van der Waals surface area contributed by atoms with E-state index in [1.807, 2.05) is 74.5 Å². The topological polar surface area (TPSA) is 88.1 Å². The SMILES string of the molecule is Cc1nn(-c2ccccc2)c(C)c1C(=O)Nc1ccc(NC(=O)Nc2ccccc2)cc1. The van der Waals surface area contributed by atoms with Gasteiger partial charge >= 0.3 is 6.03 Å². The number of aromatic nitrogens is 2. The molecule has 0 atom stereocenters. The average Bonchev–Trinajstić information content (AvgIpc) is 3.10. The van der Waals surface area contributed by atoms with Crippen molar-refractivity contribution in [1.29, 1.82) is 0 Å². The van der Waals surface area contributed by atoms with E-state index in [-0.39, 0.29) is 11.9 Å². The van der Waals surface area contributed by atoms with Gasteiger partial charge in [-0.1, -0.05) is 36.4 Å². The first-order chi connectivity index (χ1) is 15.5. The van der Waals surface area contributed by atoms with Crippen LogP contribution in [0.4, 0.5) is 21.9 Å². The van der Waals surface area contributed by atoms with Crippen molar-refractivity contribution in [3.63, 3.8) is 0 Å². The Bertz CT molecular complexity index is 1230. The zero-order chi connectivity index (χ0) is 22.5. The van der Waals surface area contributed by atoms with Gasteiger partial charge in [0.1, 0.15) is 0 Å². The fourth-order valence-corrected chi connectivity index (χ4v) is 3.44. The molecule has 32 heavy (non-hydrogen) atoms. The minimum Gasteiger partial charge on any atom is -0.322 e. The van der Waals surface area contributed by atoms with E-state index in [0.29, 0.717) is 28.3 Å². The van der Waals surface area contributed by atoms with Crippen LogP contribution in [-0.2, 0) is 0 Å². The average molecular weight is 425 g/mol. The van der Waals surface area contributed by atoms with Crippen LogP contribution in [0, 0.1) is 13.8 Å². The molecule has 0 saturated heterocycles. The molecule has 7 nitrogen and oxygen atoms in total. The van der Waals surface area contributed by atoms with Crippen molar-refractivity contribution in [1.82, 2.24) is 9.78 Å². The monoisotopic (exact) mass is 425 g/mol. The lowest BCUT2D eigenvalue weighted by Crippen LogP contribution is -2.19. The molecule has 0 aliphatic heterocycles. The number of aryl methyl sites for hydroxylation is 1. The summed E-state index contributed by atoms with van der Waals surface area (Å²) >= 11 is 0. The van der Waals surface area contributed by atoms with Crippen molar-refractivity contribution in [2.24, 2.45) is 0 Å². The van der Waals surface area contributed by atoms with Crippen LogP contribution in [0.15, 0.2) is 84.9 Å². The van der Waals surface area contributed by atoms with E-state index in [1.54, 1.807) is 28.9 Å². The number of benzene rings is 3. The molecule has 4 rings (SSSR count). The number of nitrogens with one attached hydrogen (secondary N) is 3. The fraction of sp³-hybridized carbons (Fsp3) is 0.0800. The fourth-order valence-electron chi connectivity index (χ4n) is 3.44. The number of rotatable bonds is 5. The lowest BCUT2D eigenvalue weighted by molar-refractivity contribution is 0.102. The van der Waals surface area contributed by atoms with Gasteiger partial charge in [-0.05, 0) is 62.4 Å². The molecule has 7 heteroatoms. The quantitative estimate of drug-likeness (QED) is 0.401. The van der Waals surface area contributed by atoms with Gasteiger partial charge in [0.2, 0.25) is 0 Å². The second-order valence-electron chi connectivity index (χ2n) is 7.27. The van der Waals surface area contributed by atoms with E-state index in [4.69, 9.17) is 0 Å². The maximum absolute atomic E-state index is 12.9. The van der Waals surface area contributed by atoms with Crippen LogP contribution in [0.25, 0.3) is 5.69 Å². The summed E-state index contributed by atoms with van der Waals surface area (Å²) in [5.41, 5.74) is 4.79. The zero-order valence-corrected chi connectivity index (χ0v) is 17.8. The van der Waals surface area contributed by atoms with Crippen LogP contribution in [-0.4, -0.2) is 21.7 Å². The maximum atomic E-state index is 12.9. The van der Waals surface area contributed by atoms with Crippen molar-refractivity contribution < 1.29 is 9.59 Å². The standard InChI is InChI=1S/C25H23N5O2/c1-17-23(18(2)30(29-17)22-11-7-4-8-12-22)24(31)26-20-13-15-21(16-14-20)28-25(32)27-19-9-5-3-6-10-19/h3-16H,1-2H3,(H,26,31)(H2,27,28,32). The zero-order valence-electron chi connectivity index (χ0n) is 17.8. The Balaban J connectivity index is 1.42. The summed E-state index contributed by atoms with van der Waals surface area (Å²) in [4.78, 5) is 25.0. The molecule has 160 valence electrons. The third-order valence-electron chi connectivity index (χ3n) is 4.95. The predicted octanol–water partition coefficient (Wildman–Crippen LogP) is 5.39. The Hall–Kier alpha value is -4.39. The Morgan fingerprint density at radius 3 is 1.78 bits per heavy atom. The molecular formula is C25H23N5O2. The van der Waals surface area contributed by atoms with Crippen molar-refractivity contribution in [2.75, 3.05) is 16.0 Å². The van der Waals surface area contributed by atoms with E-state index in [2.05, 4.69) is 21.0 Å². The number of amides is 3. The highest BCUT2D eigenvalue weighted by atomic mass is 16.2. The van der Waals surface area contributed by atoms with Gasteiger partial charge in [0.05, 0.1) is 22.6 Å². The molecule has 0 bridgehead atoms. The van der Waals surface area contributed by atoms with E-state index < -0.39 is 0 Å². The van der Waals surface area contributed by atoms with Crippen LogP contribution in [0.3, 0.4) is 0 Å². The van der Waals surface area contributed by atoms with Crippen LogP contribution in [0.5, 0.6) is 0 Å². The van der Waals surface area contributed by atoms with Crippen LogP contribution in [0.2, 0.25) is 0 Å². The number of carbonyl (C=O) groups excluding carboxylic acids is 2. The Morgan fingerprint density at radius 2 is 1.19 bits per heavy atom. The number of carbonyl (C=O) groups is 2. The molecule has 1 aromatic heterocycles. The first-order valence-corrected chi connectivity index (χ1v) is 10.2. The highest BCUT2D eigenvalue weighted by molar-refractivity contribution is 6.06. The minimum absolute atomic E-state index is 0.232. The van der Waals surface area contributed by atoms with E-state index in [0.717, 1.165) is 11.4 Å². The van der Waals surface area contributed by atoms with Gasteiger partial charge in [0.15, 0.2) is 0 Å². The normalized spacial score (nSPS) is 10.4. The van der Waals surface area contributed by atoms with Gasteiger partial charge in [-0.25, -0.2) is 9.48 Å². The molecular weight excluding hydrogens is 402 g/mol. The molecule has 0 aliphatic rings. The highest BCUT2D eigenvalue weighted by Gasteiger charge is 2.19. The summed E-state index contributed by atoms with van der Waals surface area (Å²) in [6.07, 6.45) is 0. The largest absolute Gasteiger partial charge is 0.323 e. The molecule has 3 aromatic carbocycles.